The minimum Gasteiger partial charge on any atom is -0.497 e. The second-order valence-electron chi connectivity index (χ2n) is 6.61. The molecular weight excluding hydrogens is 370 g/mol. The van der Waals surface area contributed by atoms with E-state index in [1.165, 1.54) is 0 Å². The van der Waals surface area contributed by atoms with Crippen molar-refractivity contribution in [1.82, 2.24) is 29.3 Å². The van der Waals surface area contributed by atoms with Gasteiger partial charge in [-0.15, -0.1) is 0 Å². The third kappa shape index (κ3) is 4.03. The number of nitrogens with one attached hydrogen (secondary N) is 1. The number of nitrogens with zero attached hydrogens (tertiary/aromatic N) is 6. The van der Waals surface area contributed by atoms with Crippen LogP contribution in [0.15, 0.2) is 55.0 Å². The van der Waals surface area contributed by atoms with Gasteiger partial charge in [0, 0.05) is 31.1 Å². The molecule has 9 nitrogen and oxygen atoms in total. The maximum atomic E-state index is 12.3. The minimum atomic E-state index is -0.170. The molecule has 3 heterocycles. The predicted octanol–water partition coefficient (Wildman–Crippen LogP) is 2.43. The molecule has 0 atom stereocenters. The van der Waals surface area contributed by atoms with Crippen molar-refractivity contribution in [1.29, 1.82) is 0 Å². The molecule has 4 rings (SSSR count). The van der Waals surface area contributed by atoms with Crippen molar-refractivity contribution in [2.24, 2.45) is 7.05 Å². The highest BCUT2D eigenvalue weighted by Crippen LogP contribution is 2.20. The van der Waals surface area contributed by atoms with E-state index in [2.05, 4.69) is 20.6 Å². The van der Waals surface area contributed by atoms with Crippen LogP contribution in [0.3, 0.4) is 0 Å². The lowest BCUT2D eigenvalue weighted by molar-refractivity contribution is -0.116. The van der Waals surface area contributed by atoms with Crippen LogP contribution in [0.4, 0.5) is 5.82 Å². The molecule has 0 aliphatic carbocycles. The number of ether oxygens (including phenoxy) is 1. The first kappa shape index (κ1) is 18.5. The number of benzene rings is 1. The first-order chi connectivity index (χ1) is 14.0. The molecule has 0 unspecified atom stereocenters. The molecule has 9 heteroatoms. The Balaban J connectivity index is 1.44. The SMILES string of the molecule is COc1ccc(-n2cc(-c3ccn(CC(=O)Nc4cc(C)nn4C)n3)cn2)cc1. The Bertz CT molecular complexity index is 1140. The summed E-state index contributed by atoms with van der Waals surface area (Å²) < 4.78 is 10.2. The average Bonchev–Trinajstić information content (AvgIpc) is 3.42. The zero-order valence-electron chi connectivity index (χ0n) is 16.4. The van der Waals surface area contributed by atoms with Gasteiger partial charge in [0.2, 0.25) is 5.91 Å². The summed E-state index contributed by atoms with van der Waals surface area (Å²) in [5.41, 5.74) is 3.37. The number of methoxy groups -OCH3 is 1. The summed E-state index contributed by atoms with van der Waals surface area (Å²) in [6.07, 6.45) is 5.41. The van der Waals surface area contributed by atoms with Crippen LogP contribution in [0.2, 0.25) is 0 Å². The molecule has 0 spiro atoms. The number of hydrogen-bond acceptors (Lipinski definition) is 5. The number of hydrogen-bond donors (Lipinski definition) is 1. The quantitative estimate of drug-likeness (QED) is 0.545. The Kier molecular flexibility index (Phi) is 4.86. The highest BCUT2D eigenvalue weighted by Gasteiger charge is 2.11. The summed E-state index contributed by atoms with van der Waals surface area (Å²) in [5, 5.41) is 15.9. The van der Waals surface area contributed by atoms with Gasteiger partial charge in [-0.05, 0) is 37.3 Å². The van der Waals surface area contributed by atoms with Gasteiger partial charge in [0.25, 0.3) is 0 Å². The van der Waals surface area contributed by atoms with E-state index in [1.54, 1.807) is 40.6 Å². The van der Waals surface area contributed by atoms with Gasteiger partial charge in [-0.1, -0.05) is 0 Å². The van der Waals surface area contributed by atoms with Crippen LogP contribution in [0.1, 0.15) is 5.69 Å². The van der Waals surface area contributed by atoms with E-state index in [-0.39, 0.29) is 12.5 Å². The van der Waals surface area contributed by atoms with Crippen LogP contribution in [0.25, 0.3) is 16.9 Å². The normalized spacial score (nSPS) is 10.9. The largest absolute Gasteiger partial charge is 0.497 e. The van der Waals surface area contributed by atoms with Gasteiger partial charge in [0.05, 0.1) is 30.4 Å². The number of aromatic nitrogens is 6. The molecular formula is C20H21N7O2. The topological polar surface area (TPSA) is 91.8 Å². The zero-order valence-corrected chi connectivity index (χ0v) is 16.4. The Morgan fingerprint density at radius 3 is 2.66 bits per heavy atom. The highest BCUT2D eigenvalue weighted by atomic mass is 16.5. The molecule has 148 valence electrons. The summed E-state index contributed by atoms with van der Waals surface area (Å²) in [4.78, 5) is 12.3. The number of carbonyl (C=O) groups is 1. The lowest BCUT2D eigenvalue weighted by Gasteiger charge is -2.05. The predicted molar refractivity (Wildman–Crippen MR) is 108 cm³/mol. The van der Waals surface area contributed by atoms with Crippen molar-refractivity contribution in [3.63, 3.8) is 0 Å². The van der Waals surface area contributed by atoms with Crippen molar-refractivity contribution in [3.05, 3.63) is 60.7 Å². The van der Waals surface area contributed by atoms with Crippen molar-refractivity contribution < 1.29 is 9.53 Å². The summed E-state index contributed by atoms with van der Waals surface area (Å²) in [7, 11) is 3.42. The summed E-state index contributed by atoms with van der Waals surface area (Å²) in [5.74, 6) is 1.27. The van der Waals surface area contributed by atoms with E-state index in [1.807, 2.05) is 49.5 Å². The fourth-order valence-corrected chi connectivity index (χ4v) is 2.99. The molecule has 4 aromatic rings. The van der Waals surface area contributed by atoms with E-state index in [9.17, 15) is 4.79 Å². The fourth-order valence-electron chi connectivity index (χ4n) is 2.99. The minimum absolute atomic E-state index is 0.108. The third-order valence-electron chi connectivity index (χ3n) is 4.43. The molecule has 29 heavy (non-hydrogen) atoms. The standard InChI is InChI=1S/C20H21N7O2/c1-14-10-19(25(2)23-14)22-20(28)13-26-9-8-18(24-26)15-11-21-27(12-15)16-4-6-17(29-3)7-5-16/h4-12H,13H2,1-3H3,(H,22,28). The number of rotatable bonds is 6. The molecule has 0 bridgehead atoms. The average molecular weight is 391 g/mol. The molecule has 0 aliphatic rings. The molecule has 0 radical (unpaired) electrons. The molecule has 1 amide bonds. The Morgan fingerprint density at radius 1 is 1.17 bits per heavy atom. The number of aryl methyl sites for hydroxylation is 2. The maximum absolute atomic E-state index is 12.3. The number of carbonyl (C=O) groups excluding carboxylic acids is 1. The van der Waals surface area contributed by atoms with Crippen LogP contribution >= 0.6 is 0 Å². The van der Waals surface area contributed by atoms with Crippen molar-refractivity contribution >= 4 is 11.7 Å². The third-order valence-corrected chi connectivity index (χ3v) is 4.43. The number of anilines is 1. The van der Waals surface area contributed by atoms with Gasteiger partial charge in [0.15, 0.2) is 0 Å². The van der Waals surface area contributed by atoms with Crippen molar-refractivity contribution in [2.75, 3.05) is 12.4 Å². The van der Waals surface area contributed by atoms with Gasteiger partial charge in [-0.25, -0.2) is 4.68 Å². The smallest absolute Gasteiger partial charge is 0.247 e. The van der Waals surface area contributed by atoms with E-state index >= 15 is 0 Å². The Hall–Kier alpha value is -3.88. The van der Waals surface area contributed by atoms with Crippen LogP contribution in [0.5, 0.6) is 5.75 Å². The van der Waals surface area contributed by atoms with Gasteiger partial charge in [-0.3, -0.25) is 14.2 Å². The van der Waals surface area contributed by atoms with Gasteiger partial charge < -0.3 is 10.1 Å². The summed E-state index contributed by atoms with van der Waals surface area (Å²) in [6, 6.07) is 11.3. The maximum Gasteiger partial charge on any atom is 0.247 e. The van der Waals surface area contributed by atoms with E-state index in [0.29, 0.717) is 5.82 Å². The van der Waals surface area contributed by atoms with E-state index in [4.69, 9.17) is 4.74 Å². The lowest BCUT2D eigenvalue weighted by atomic mass is 10.2. The summed E-state index contributed by atoms with van der Waals surface area (Å²) >= 11 is 0. The van der Waals surface area contributed by atoms with Crippen LogP contribution in [-0.2, 0) is 18.4 Å². The first-order valence-corrected chi connectivity index (χ1v) is 9.05. The molecule has 0 saturated heterocycles. The lowest BCUT2D eigenvalue weighted by Crippen LogP contribution is -2.20. The van der Waals surface area contributed by atoms with Crippen molar-refractivity contribution in [2.45, 2.75) is 13.5 Å². The Labute approximate surface area is 167 Å². The summed E-state index contributed by atoms with van der Waals surface area (Å²) in [6.45, 7) is 1.98. The zero-order chi connectivity index (χ0) is 20.4. The van der Waals surface area contributed by atoms with Gasteiger partial charge in [0.1, 0.15) is 18.1 Å². The van der Waals surface area contributed by atoms with E-state index < -0.39 is 0 Å². The second-order valence-corrected chi connectivity index (χ2v) is 6.61. The van der Waals surface area contributed by atoms with Gasteiger partial charge in [-0.2, -0.15) is 15.3 Å². The van der Waals surface area contributed by atoms with E-state index in [0.717, 1.165) is 28.4 Å². The molecule has 0 fully saturated rings. The first-order valence-electron chi connectivity index (χ1n) is 9.05. The van der Waals surface area contributed by atoms with Crippen LogP contribution in [0, 0.1) is 6.92 Å². The number of amides is 1. The van der Waals surface area contributed by atoms with Crippen LogP contribution in [-0.4, -0.2) is 42.4 Å². The second kappa shape index (κ2) is 7.63. The van der Waals surface area contributed by atoms with Gasteiger partial charge >= 0.3 is 0 Å². The molecule has 3 aromatic heterocycles. The molecule has 0 saturated carbocycles. The monoisotopic (exact) mass is 391 g/mol. The molecule has 0 aliphatic heterocycles. The molecule has 1 aromatic carbocycles. The Morgan fingerprint density at radius 2 is 1.97 bits per heavy atom. The fraction of sp³-hybridized carbons (Fsp3) is 0.200. The highest BCUT2D eigenvalue weighted by molar-refractivity contribution is 5.89. The van der Waals surface area contributed by atoms with Crippen LogP contribution < -0.4 is 10.1 Å². The van der Waals surface area contributed by atoms with Crippen molar-refractivity contribution in [3.8, 4) is 22.7 Å². The molecule has 1 N–H and O–H groups in total.